The van der Waals surface area contributed by atoms with Crippen LogP contribution in [0.5, 0.6) is 11.5 Å². The van der Waals surface area contributed by atoms with Gasteiger partial charge in [0, 0.05) is 13.6 Å². The van der Waals surface area contributed by atoms with Crippen LogP contribution < -0.4 is 14.8 Å². The number of hydrogen-bond donors (Lipinski definition) is 1. The van der Waals surface area contributed by atoms with Crippen molar-refractivity contribution < 1.29 is 19.1 Å². The number of methoxy groups -OCH3 is 2. The van der Waals surface area contributed by atoms with Crippen molar-refractivity contribution in [3.8, 4) is 11.5 Å². The van der Waals surface area contributed by atoms with E-state index < -0.39 is 6.04 Å². The van der Waals surface area contributed by atoms with Crippen LogP contribution in [-0.4, -0.2) is 56.1 Å². The molecule has 2 aromatic carbocycles. The van der Waals surface area contributed by atoms with E-state index in [1.54, 1.807) is 31.1 Å². The van der Waals surface area contributed by atoms with Crippen molar-refractivity contribution in [1.82, 2.24) is 15.1 Å². The summed E-state index contributed by atoms with van der Waals surface area (Å²) in [6, 6.07) is 14.7. The Balaban J connectivity index is 1.54. The molecule has 2 aromatic rings. The molecule has 0 saturated heterocycles. The third kappa shape index (κ3) is 3.47. The summed E-state index contributed by atoms with van der Waals surface area (Å²) < 4.78 is 10.7. The fourth-order valence-electron chi connectivity index (χ4n) is 4.00. The fourth-order valence-corrected chi connectivity index (χ4v) is 4.00. The maximum Gasteiger partial charge on any atom is 0.322 e. The standard InChI is InChI=1S/C23H25N3O4/c1-25-17-14-26(12-11-15-9-10-18(29-2)19(13-15)30-3)22(27)20(17)21(24-23(25)28)16-7-5-4-6-8-16/h4-10,13,21H,11-12,14H2,1-3H3,(H,24,28)/t21-/m0/s1. The Hall–Kier alpha value is -3.48. The summed E-state index contributed by atoms with van der Waals surface area (Å²) >= 11 is 0. The Kier molecular flexibility index (Phi) is 5.35. The van der Waals surface area contributed by atoms with Crippen molar-refractivity contribution in [2.45, 2.75) is 12.5 Å². The van der Waals surface area contributed by atoms with Crippen LogP contribution in [0.3, 0.4) is 0 Å². The molecule has 0 aliphatic carbocycles. The van der Waals surface area contributed by atoms with Crippen LogP contribution in [0.15, 0.2) is 59.8 Å². The van der Waals surface area contributed by atoms with E-state index in [-0.39, 0.29) is 11.9 Å². The summed E-state index contributed by atoms with van der Waals surface area (Å²) in [6.07, 6.45) is 0.674. The second-order valence-corrected chi connectivity index (χ2v) is 7.38. The smallest absolute Gasteiger partial charge is 0.322 e. The highest BCUT2D eigenvalue weighted by Gasteiger charge is 2.42. The molecule has 1 atom stereocenters. The molecule has 2 aliphatic heterocycles. The van der Waals surface area contributed by atoms with E-state index in [0.29, 0.717) is 36.6 Å². The molecule has 0 fully saturated rings. The minimum atomic E-state index is -0.427. The summed E-state index contributed by atoms with van der Waals surface area (Å²) in [5.74, 6) is 1.30. The number of likely N-dealkylation sites (N-methyl/N-ethyl adjacent to an activating group) is 1. The molecular formula is C23H25N3O4. The first-order valence-electron chi connectivity index (χ1n) is 9.86. The second-order valence-electron chi connectivity index (χ2n) is 7.38. The minimum absolute atomic E-state index is 0.0359. The number of urea groups is 1. The van der Waals surface area contributed by atoms with Gasteiger partial charge >= 0.3 is 6.03 Å². The number of benzene rings is 2. The Bertz CT molecular complexity index is 1000. The molecule has 0 saturated carbocycles. The van der Waals surface area contributed by atoms with Gasteiger partial charge in [-0.25, -0.2) is 4.79 Å². The summed E-state index contributed by atoms with van der Waals surface area (Å²) in [6.45, 7) is 0.972. The Morgan fingerprint density at radius 2 is 1.77 bits per heavy atom. The molecule has 3 amide bonds. The Morgan fingerprint density at radius 1 is 1.03 bits per heavy atom. The molecule has 0 unspecified atom stereocenters. The lowest BCUT2D eigenvalue weighted by Crippen LogP contribution is -2.45. The average Bonchev–Trinajstić information content (AvgIpc) is 3.11. The third-order valence-corrected chi connectivity index (χ3v) is 5.69. The van der Waals surface area contributed by atoms with Gasteiger partial charge in [0.05, 0.1) is 38.1 Å². The van der Waals surface area contributed by atoms with Crippen LogP contribution in [0.1, 0.15) is 17.2 Å². The predicted octanol–water partition coefficient (Wildman–Crippen LogP) is 2.74. The maximum absolute atomic E-state index is 13.3. The van der Waals surface area contributed by atoms with E-state index in [2.05, 4.69) is 5.32 Å². The zero-order valence-corrected chi connectivity index (χ0v) is 17.3. The maximum atomic E-state index is 13.3. The first-order chi connectivity index (χ1) is 14.5. The molecule has 0 radical (unpaired) electrons. The van der Waals surface area contributed by atoms with Gasteiger partial charge in [0.25, 0.3) is 5.91 Å². The highest BCUT2D eigenvalue weighted by Crippen LogP contribution is 2.35. The average molecular weight is 407 g/mol. The number of ether oxygens (including phenoxy) is 2. The van der Waals surface area contributed by atoms with Crippen molar-refractivity contribution in [3.63, 3.8) is 0 Å². The van der Waals surface area contributed by atoms with Crippen molar-refractivity contribution in [3.05, 3.63) is 70.9 Å². The Morgan fingerprint density at radius 3 is 2.47 bits per heavy atom. The first kappa shape index (κ1) is 19.8. The van der Waals surface area contributed by atoms with E-state index in [1.165, 1.54) is 0 Å². The number of carbonyl (C=O) groups excluding carboxylic acids is 2. The van der Waals surface area contributed by atoms with Crippen molar-refractivity contribution in [2.75, 3.05) is 34.4 Å². The van der Waals surface area contributed by atoms with Crippen LogP contribution >= 0.6 is 0 Å². The van der Waals surface area contributed by atoms with Gasteiger partial charge in [-0.05, 0) is 29.7 Å². The first-order valence-corrected chi connectivity index (χ1v) is 9.86. The summed E-state index contributed by atoms with van der Waals surface area (Å²) in [7, 11) is 4.91. The molecular weight excluding hydrogens is 382 g/mol. The molecule has 1 N–H and O–H groups in total. The predicted molar refractivity (Wildman–Crippen MR) is 112 cm³/mol. The van der Waals surface area contributed by atoms with Gasteiger partial charge in [0.1, 0.15) is 0 Å². The van der Waals surface area contributed by atoms with Gasteiger partial charge in [-0.3, -0.25) is 9.69 Å². The summed E-state index contributed by atoms with van der Waals surface area (Å²) in [5.41, 5.74) is 3.37. The van der Waals surface area contributed by atoms with E-state index in [4.69, 9.17) is 9.47 Å². The minimum Gasteiger partial charge on any atom is -0.493 e. The van der Waals surface area contributed by atoms with E-state index in [0.717, 1.165) is 16.8 Å². The topological polar surface area (TPSA) is 71.1 Å². The number of carbonyl (C=O) groups is 2. The molecule has 30 heavy (non-hydrogen) atoms. The van der Waals surface area contributed by atoms with Crippen LogP contribution in [-0.2, 0) is 11.2 Å². The highest BCUT2D eigenvalue weighted by atomic mass is 16.5. The third-order valence-electron chi connectivity index (χ3n) is 5.69. The van der Waals surface area contributed by atoms with Crippen LogP contribution in [0.2, 0.25) is 0 Å². The molecule has 2 aliphatic rings. The molecule has 0 bridgehead atoms. The van der Waals surface area contributed by atoms with Crippen LogP contribution in [0, 0.1) is 0 Å². The van der Waals surface area contributed by atoms with Gasteiger partial charge in [-0.1, -0.05) is 36.4 Å². The number of nitrogens with one attached hydrogen (secondary N) is 1. The van der Waals surface area contributed by atoms with Crippen molar-refractivity contribution in [1.29, 1.82) is 0 Å². The molecule has 156 valence electrons. The van der Waals surface area contributed by atoms with Crippen molar-refractivity contribution >= 4 is 11.9 Å². The lowest BCUT2D eigenvalue weighted by molar-refractivity contribution is -0.125. The molecule has 0 aromatic heterocycles. The van der Waals surface area contributed by atoms with Gasteiger partial charge in [-0.2, -0.15) is 0 Å². The molecule has 4 rings (SSSR count). The van der Waals surface area contributed by atoms with E-state index >= 15 is 0 Å². The van der Waals surface area contributed by atoms with Crippen LogP contribution in [0.25, 0.3) is 0 Å². The summed E-state index contributed by atoms with van der Waals surface area (Å²) in [5, 5.41) is 2.96. The fraction of sp³-hybridized carbons (Fsp3) is 0.304. The van der Waals surface area contributed by atoms with Crippen LogP contribution in [0.4, 0.5) is 4.79 Å². The zero-order valence-electron chi connectivity index (χ0n) is 17.3. The van der Waals surface area contributed by atoms with Gasteiger partial charge in [0.2, 0.25) is 0 Å². The number of amides is 3. The number of nitrogens with zero attached hydrogens (tertiary/aromatic N) is 2. The Labute approximate surface area is 175 Å². The zero-order chi connectivity index (χ0) is 21.3. The number of rotatable bonds is 6. The molecule has 2 heterocycles. The number of hydrogen-bond acceptors (Lipinski definition) is 4. The van der Waals surface area contributed by atoms with Gasteiger partial charge < -0.3 is 19.7 Å². The quantitative estimate of drug-likeness (QED) is 0.799. The second kappa shape index (κ2) is 8.10. The molecule has 7 nitrogen and oxygen atoms in total. The lowest BCUT2D eigenvalue weighted by Gasteiger charge is -2.31. The van der Waals surface area contributed by atoms with Crippen molar-refractivity contribution in [2.24, 2.45) is 0 Å². The highest BCUT2D eigenvalue weighted by molar-refractivity contribution is 6.01. The largest absolute Gasteiger partial charge is 0.493 e. The molecule has 7 heteroatoms. The van der Waals surface area contributed by atoms with E-state index in [9.17, 15) is 9.59 Å². The monoisotopic (exact) mass is 407 g/mol. The normalized spacial score (nSPS) is 18.4. The SMILES string of the molecule is COc1ccc(CCN2CC3=C(C2=O)[C@H](c2ccccc2)NC(=O)N3C)cc1OC. The van der Waals surface area contributed by atoms with Gasteiger partial charge in [0.15, 0.2) is 11.5 Å². The lowest BCUT2D eigenvalue weighted by atomic mass is 9.96. The van der Waals surface area contributed by atoms with E-state index in [1.807, 2.05) is 48.5 Å². The molecule has 0 spiro atoms. The van der Waals surface area contributed by atoms with Gasteiger partial charge in [-0.15, -0.1) is 0 Å². The summed E-state index contributed by atoms with van der Waals surface area (Å²) in [4.78, 5) is 29.1.